The number of hydrogen-bond acceptors (Lipinski definition) is 4. The number of aromatic nitrogens is 1. The Morgan fingerprint density at radius 2 is 2.38 bits per heavy atom. The Bertz CT molecular complexity index is 319. The second-order valence-electron chi connectivity index (χ2n) is 4.44. The molecule has 1 saturated heterocycles. The van der Waals surface area contributed by atoms with Gasteiger partial charge in [-0.05, 0) is 33.1 Å². The van der Waals surface area contributed by atoms with Gasteiger partial charge in [0, 0.05) is 30.3 Å². The summed E-state index contributed by atoms with van der Waals surface area (Å²) in [4.78, 5) is 5.71. The summed E-state index contributed by atoms with van der Waals surface area (Å²) in [6.07, 6.45) is 5.46. The van der Waals surface area contributed by atoms with Gasteiger partial charge in [0.15, 0.2) is 0 Å². The van der Waals surface area contributed by atoms with Crippen molar-refractivity contribution in [3.63, 3.8) is 0 Å². The van der Waals surface area contributed by atoms with Crippen molar-refractivity contribution in [2.45, 2.75) is 45.2 Å². The average molecular weight is 240 g/mol. The molecule has 2 heterocycles. The van der Waals surface area contributed by atoms with E-state index in [1.165, 1.54) is 22.7 Å². The van der Waals surface area contributed by atoms with E-state index in [4.69, 9.17) is 4.74 Å². The van der Waals surface area contributed by atoms with Crippen LogP contribution in [0.2, 0.25) is 0 Å². The molecule has 3 nitrogen and oxygen atoms in total. The predicted molar refractivity (Wildman–Crippen MR) is 66.9 cm³/mol. The standard InChI is InChI=1S/C12H20N2OS/c1-9-8-13-12(16-9)10(2)14-11-4-3-6-15-7-5-11/h8,10-11,14H,3-7H2,1-2H3. The zero-order valence-corrected chi connectivity index (χ0v) is 10.8. The first-order valence-electron chi connectivity index (χ1n) is 6.02. The van der Waals surface area contributed by atoms with Crippen LogP contribution >= 0.6 is 11.3 Å². The Morgan fingerprint density at radius 1 is 1.50 bits per heavy atom. The van der Waals surface area contributed by atoms with Gasteiger partial charge in [0.25, 0.3) is 0 Å². The van der Waals surface area contributed by atoms with Gasteiger partial charge < -0.3 is 10.1 Å². The highest BCUT2D eigenvalue weighted by Crippen LogP contribution is 2.21. The SMILES string of the molecule is Cc1cnc(C(C)NC2CCCOCC2)s1. The molecule has 4 heteroatoms. The van der Waals surface area contributed by atoms with Crippen molar-refractivity contribution in [3.8, 4) is 0 Å². The van der Waals surface area contributed by atoms with Crippen LogP contribution in [0.15, 0.2) is 6.20 Å². The number of thiazole rings is 1. The Labute approximate surface area is 101 Å². The zero-order valence-electron chi connectivity index (χ0n) is 10.0. The van der Waals surface area contributed by atoms with Crippen molar-refractivity contribution >= 4 is 11.3 Å². The maximum Gasteiger partial charge on any atom is 0.109 e. The van der Waals surface area contributed by atoms with Gasteiger partial charge in [0.05, 0.1) is 6.04 Å². The zero-order chi connectivity index (χ0) is 11.4. The molecule has 1 aliphatic heterocycles. The lowest BCUT2D eigenvalue weighted by Crippen LogP contribution is -2.31. The fourth-order valence-electron chi connectivity index (χ4n) is 2.07. The Hall–Kier alpha value is -0.450. The van der Waals surface area contributed by atoms with Crippen LogP contribution in [-0.2, 0) is 4.74 Å². The van der Waals surface area contributed by atoms with Gasteiger partial charge in [0.1, 0.15) is 5.01 Å². The van der Waals surface area contributed by atoms with Crippen molar-refractivity contribution in [3.05, 3.63) is 16.1 Å². The quantitative estimate of drug-likeness (QED) is 0.882. The van der Waals surface area contributed by atoms with Gasteiger partial charge in [-0.2, -0.15) is 0 Å². The van der Waals surface area contributed by atoms with Gasteiger partial charge in [0.2, 0.25) is 0 Å². The van der Waals surface area contributed by atoms with Gasteiger partial charge in [-0.1, -0.05) is 0 Å². The normalized spacial score (nSPS) is 24.0. The maximum absolute atomic E-state index is 5.46. The molecule has 0 aliphatic carbocycles. The third-order valence-electron chi connectivity index (χ3n) is 2.95. The monoisotopic (exact) mass is 240 g/mol. The number of nitrogens with zero attached hydrogens (tertiary/aromatic N) is 1. The summed E-state index contributed by atoms with van der Waals surface area (Å²) >= 11 is 1.78. The van der Waals surface area contributed by atoms with Gasteiger partial charge in [-0.3, -0.25) is 0 Å². The molecule has 0 radical (unpaired) electrons. The fourth-order valence-corrected chi connectivity index (χ4v) is 2.85. The molecule has 1 N–H and O–H groups in total. The maximum atomic E-state index is 5.46. The van der Waals surface area contributed by atoms with Gasteiger partial charge >= 0.3 is 0 Å². The highest BCUT2D eigenvalue weighted by atomic mass is 32.1. The third-order valence-corrected chi connectivity index (χ3v) is 4.04. The molecule has 0 saturated carbocycles. The van der Waals surface area contributed by atoms with E-state index >= 15 is 0 Å². The topological polar surface area (TPSA) is 34.2 Å². The lowest BCUT2D eigenvalue weighted by Gasteiger charge is -2.19. The third kappa shape index (κ3) is 3.27. The summed E-state index contributed by atoms with van der Waals surface area (Å²) in [6.45, 7) is 6.11. The summed E-state index contributed by atoms with van der Waals surface area (Å²) < 4.78 is 5.46. The molecule has 1 aromatic heterocycles. The summed E-state index contributed by atoms with van der Waals surface area (Å²) in [6, 6.07) is 0.948. The highest BCUT2D eigenvalue weighted by Gasteiger charge is 2.17. The van der Waals surface area contributed by atoms with Crippen LogP contribution in [-0.4, -0.2) is 24.2 Å². The summed E-state index contributed by atoms with van der Waals surface area (Å²) in [5.74, 6) is 0. The molecule has 2 unspecified atom stereocenters. The van der Waals surface area contributed by atoms with E-state index in [0.29, 0.717) is 12.1 Å². The van der Waals surface area contributed by atoms with E-state index in [-0.39, 0.29) is 0 Å². The predicted octanol–water partition coefficient (Wildman–Crippen LogP) is 2.67. The minimum atomic E-state index is 0.363. The van der Waals surface area contributed by atoms with Crippen molar-refractivity contribution in [1.82, 2.24) is 10.3 Å². The average Bonchev–Trinajstić information content (AvgIpc) is 2.54. The molecule has 0 spiro atoms. The molecular weight excluding hydrogens is 220 g/mol. The molecule has 1 fully saturated rings. The van der Waals surface area contributed by atoms with E-state index in [1.807, 2.05) is 6.20 Å². The number of aryl methyl sites for hydroxylation is 1. The van der Waals surface area contributed by atoms with E-state index in [9.17, 15) is 0 Å². The largest absolute Gasteiger partial charge is 0.381 e. The minimum Gasteiger partial charge on any atom is -0.381 e. The second-order valence-corrected chi connectivity index (χ2v) is 5.70. The second kappa shape index (κ2) is 5.75. The van der Waals surface area contributed by atoms with Gasteiger partial charge in [-0.25, -0.2) is 4.98 Å². The van der Waals surface area contributed by atoms with Crippen molar-refractivity contribution in [1.29, 1.82) is 0 Å². The number of nitrogens with one attached hydrogen (secondary N) is 1. The smallest absolute Gasteiger partial charge is 0.109 e. The van der Waals surface area contributed by atoms with Crippen LogP contribution in [0.25, 0.3) is 0 Å². The first-order valence-corrected chi connectivity index (χ1v) is 6.83. The van der Waals surface area contributed by atoms with Crippen LogP contribution in [0.4, 0.5) is 0 Å². The molecule has 2 rings (SSSR count). The molecular formula is C12H20N2OS. The highest BCUT2D eigenvalue weighted by molar-refractivity contribution is 7.11. The molecule has 0 amide bonds. The fraction of sp³-hybridized carbons (Fsp3) is 0.750. The Kier molecular flexibility index (Phi) is 4.32. The lowest BCUT2D eigenvalue weighted by molar-refractivity contribution is 0.142. The number of rotatable bonds is 3. The van der Waals surface area contributed by atoms with Crippen molar-refractivity contribution < 1.29 is 4.74 Å². The van der Waals surface area contributed by atoms with Crippen LogP contribution in [0, 0.1) is 6.92 Å². The Morgan fingerprint density at radius 3 is 3.12 bits per heavy atom. The first-order chi connectivity index (χ1) is 7.75. The molecule has 2 atom stereocenters. The van der Waals surface area contributed by atoms with E-state index in [0.717, 1.165) is 19.6 Å². The number of ether oxygens (including phenoxy) is 1. The van der Waals surface area contributed by atoms with Crippen LogP contribution in [0.5, 0.6) is 0 Å². The Balaban J connectivity index is 1.88. The van der Waals surface area contributed by atoms with Crippen LogP contribution in [0.3, 0.4) is 0 Å². The first kappa shape index (κ1) is 12.0. The molecule has 1 aliphatic rings. The molecule has 1 aromatic rings. The summed E-state index contributed by atoms with van der Waals surface area (Å²) in [5.41, 5.74) is 0. The molecule has 0 bridgehead atoms. The van der Waals surface area contributed by atoms with E-state index in [1.54, 1.807) is 11.3 Å². The summed E-state index contributed by atoms with van der Waals surface area (Å²) in [7, 11) is 0. The summed E-state index contributed by atoms with van der Waals surface area (Å²) in [5, 5.41) is 4.85. The van der Waals surface area contributed by atoms with E-state index in [2.05, 4.69) is 24.1 Å². The number of hydrogen-bond donors (Lipinski definition) is 1. The van der Waals surface area contributed by atoms with Crippen molar-refractivity contribution in [2.24, 2.45) is 0 Å². The molecule has 90 valence electrons. The lowest BCUT2D eigenvalue weighted by atomic mass is 10.1. The molecule has 0 aromatic carbocycles. The minimum absolute atomic E-state index is 0.363. The van der Waals surface area contributed by atoms with Gasteiger partial charge in [-0.15, -0.1) is 11.3 Å². The van der Waals surface area contributed by atoms with Crippen LogP contribution < -0.4 is 5.32 Å². The van der Waals surface area contributed by atoms with Crippen molar-refractivity contribution in [2.75, 3.05) is 13.2 Å². The molecule has 16 heavy (non-hydrogen) atoms. The van der Waals surface area contributed by atoms with E-state index < -0.39 is 0 Å². The van der Waals surface area contributed by atoms with Crippen LogP contribution in [0.1, 0.15) is 42.1 Å².